The van der Waals surface area contributed by atoms with Crippen LogP contribution >= 0.6 is 23.4 Å². The fourth-order valence-corrected chi connectivity index (χ4v) is 2.64. The maximum atomic E-state index is 12.8. The highest BCUT2D eigenvalue weighted by molar-refractivity contribution is 7.99. The Bertz CT molecular complexity index is 159. The highest BCUT2D eigenvalue weighted by Gasteiger charge is 2.22. The van der Waals surface area contributed by atoms with Gasteiger partial charge in [-0.05, 0) is 48.3 Å². The van der Waals surface area contributed by atoms with Crippen LogP contribution in [0, 0.1) is 5.92 Å². The third-order valence-corrected chi connectivity index (χ3v) is 3.56. The van der Waals surface area contributed by atoms with Crippen molar-refractivity contribution in [2.24, 2.45) is 5.92 Å². The Hall–Kier alpha value is 0.240. The van der Waals surface area contributed by atoms with Gasteiger partial charge < -0.3 is 0 Å². The Kier molecular flexibility index (Phi) is 4.36. The van der Waals surface area contributed by atoms with Crippen molar-refractivity contribution in [2.75, 3.05) is 11.5 Å². The van der Waals surface area contributed by atoms with Gasteiger partial charge in [0.05, 0.1) is 0 Å². The Balaban J connectivity index is 2.24. The standard InChI is InChI=1S/C8H12ClFOS/c9-8(11)7(10)4-6-2-1-3-12-5-6/h6-7H,1-5H2. The number of hydrogen-bond donors (Lipinski definition) is 0. The first kappa shape index (κ1) is 10.3. The second-order valence-corrected chi connectivity index (χ2v) is 4.61. The van der Waals surface area contributed by atoms with E-state index in [0.717, 1.165) is 18.6 Å². The van der Waals surface area contributed by atoms with Gasteiger partial charge in [0, 0.05) is 0 Å². The lowest BCUT2D eigenvalue weighted by atomic mass is 9.99. The predicted octanol–water partition coefficient (Wildman–Crippen LogP) is 2.62. The fourth-order valence-electron chi connectivity index (χ4n) is 1.38. The van der Waals surface area contributed by atoms with Gasteiger partial charge in [-0.3, -0.25) is 4.79 Å². The molecule has 0 bridgehead atoms. The molecule has 1 heterocycles. The van der Waals surface area contributed by atoms with Crippen LogP contribution in [0.3, 0.4) is 0 Å². The number of carbonyl (C=O) groups is 1. The summed E-state index contributed by atoms with van der Waals surface area (Å²) < 4.78 is 12.8. The molecule has 0 aliphatic carbocycles. The van der Waals surface area contributed by atoms with Crippen LogP contribution in [0.15, 0.2) is 0 Å². The van der Waals surface area contributed by atoms with Crippen LogP contribution in [0.25, 0.3) is 0 Å². The Labute approximate surface area is 81.0 Å². The van der Waals surface area contributed by atoms with Crippen molar-refractivity contribution >= 4 is 28.6 Å². The van der Waals surface area contributed by atoms with Crippen LogP contribution in [0.5, 0.6) is 0 Å². The van der Waals surface area contributed by atoms with Crippen LogP contribution in [0.1, 0.15) is 19.3 Å². The first-order chi connectivity index (χ1) is 5.70. The molecule has 0 aromatic carbocycles. The van der Waals surface area contributed by atoms with E-state index in [2.05, 4.69) is 0 Å². The van der Waals surface area contributed by atoms with E-state index >= 15 is 0 Å². The van der Waals surface area contributed by atoms with E-state index in [4.69, 9.17) is 11.6 Å². The minimum atomic E-state index is -1.45. The van der Waals surface area contributed by atoms with E-state index in [9.17, 15) is 9.18 Å². The van der Waals surface area contributed by atoms with E-state index in [1.165, 1.54) is 5.75 Å². The summed E-state index contributed by atoms with van der Waals surface area (Å²) in [4.78, 5) is 10.4. The van der Waals surface area contributed by atoms with E-state index in [-0.39, 0.29) is 0 Å². The summed E-state index contributed by atoms with van der Waals surface area (Å²) in [5, 5.41) is -0.842. The largest absolute Gasteiger partial charge is 0.278 e. The molecule has 0 aromatic heterocycles. The highest BCUT2D eigenvalue weighted by atomic mass is 35.5. The number of alkyl halides is 1. The molecule has 4 heteroatoms. The molecule has 1 saturated heterocycles. The highest BCUT2D eigenvalue weighted by Crippen LogP contribution is 2.27. The van der Waals surface area contributed by atoms with E-state index < -0.39 is 11.4 Å². The predicted molar refractivity (Wildman–Crippen MR) is 50.4 cm³/mol. The fraction of sp³-hybridized carbons (Fsp3) is 0.875. The van der Waals surface area contributed by atoms with Crippen LogP contribution in [-0.2, 0) is 4.79 Å². The Morgan fingerprint density at radius 1 is 1.75 bits per heavy atom. The summed E-state index contributed by atoms with van der Waals surface area (Å²) in [5.41, 5.74) is 0. The maximum Gasteiger partial charge on any atom is 0.255 e. The first-order valence-corrected chi connectivity index (χ1v) is 5.64. The summed E-state index contributed by atoms with van der Waals surface area (Å²) in [6.07, 6.45) is 1.04. The molecule has 1 aliphatic rings. The molecule has 2 atom stereocenters. The molecule has 0 amide bonds. The Morgan fingerprint density at radius 2 is 2.50 bits per heavy atom. The van der Waals surface area contributed by atoms with Crippen LogP contribution in [0.4, 0.5) is 4.39 Å². The van der Waals surface area contributed by atoms with Gasteiger partial charge in [-0.1, -0.05) is 0 Å². The van der Waals surface area contributed by atoms with E-state index in [1.54, 1.807) is 0 Å². The Morgan fingerprint density at radius 3 is 3.00 bits per heavy atom. The molecule has 0 spiro atoms. The second kappa shape index (κ2) is 5.07. The number of halogens is 2. The van der Waals surface area contributed by atoms with Gasteiger partial charge in [-0.15, -0.1) is 0 Å². The molecule has 1 fully saturated rings. The van der Waals surface area contributed by atoms with Crippen LogP contribution in [-0.4, -0.2) is 22.9 Å². The number of carbonyl (C=O) groups excluding carboxylic acids is 1. The minimum absolute atomic E-state index is 0.315. The normalized spacial score (nSPS) is 26.7. The summed E-state index contributed by atoms with van der Waals surface area (Å²) in [6.45, 7) is 0. The van der Waals surface area contributed by atoms with Gasteiger partial charge in [0.15, 0.2) is 6.17 Å². The zero-order valence-electron chi connectivity index (χ0n) is 6.76. The van der Waals surface area contributed by atoms with Gasteiger partial charge in [-0.25, -0.2) is 4.39 Å². The van der Waals surface area contributed by atoms with E-state index in [0.29, 0.717) is 12.3 Å². The minimum Gasteiger partial charge on any atom is -0.278 e. The van der Waals surface area contributed by atoms with Crippen LogP contribution < -0.4 is 0 Å². The monoisotopic (exact) mass is 210 g/mol. The lowest BCUT2D eigenvalue weighted by molar-refractivity contribution is -0.116. The summed E-state index contributed by atoms with van der Waals surface area (Å²) >= 11 is 6.86. The molecule has 1 aliphatic heterocycles. The maximum absolute atomic E-state index is 12.8. The molecule has 0 saturated carbocycles. The zero-order valence-corrected chi connectivity index (χ0v) is 8.34. The van der Waals surface area contributed by atoms with Gasteiger partial charge in [0.25, 0.3) is 5.24 Å². The third kappa shape index (κ3) is 3.31. The quantitative estimate of drug-likeness (QED) is 0.667. The lowest BCUT2D eigenvalue weighted by Gasteiger charge is -2.21. The average Bonchev–Trinajstić information content (AvgIpc) is 2.06. The van der Waals surface area contributed by atoms with Crippen molar-refractivity contribution in [1.82, 2.24) is 0 Å². The molecule has 1 rings (SSSR count). The molecule has 0 radical (unpaired) electrons. The van der Waals surface area contributed by atoms with Crippen molar-refractivity contribution < 1.29 is 9.18 Å². The van der Waals surface area contributed by atoms with Crippen molar-refractivity contribution in [3.05, 3.63) is 0 Å². The van der Waals surface area contributed by atoms with Gasteiger partial charge in [0.1, 0.15) is 0 Å². The molecule has 70 valence electrons. The molecular weight excluding hydrogens is 199 g/mol. The molecule has 1 nitrogen and oxygen atoms in total. The average molecular weight is 211 g/mol. The number of hydrogen-bond acceptors (Lipinski definition) is 2. The van der Waals surface area contributed by atoms with E-state index in [1.807, 2.05) is 11.8 Å². The van der Waals surface area contributed by atoms with Gasteiger partial charge in [0.2, 0.25) is 0 Å². The molecular formula is C8H12ClFOS. The topological polar surface area (TPSA) is 17.1 Å². The van der Waals surface area contributed by atoms with Crippen molar-refractivity contribution in [1.29, 1.82) is 0 Å². The molecule has 2 unspecified atom stereocenters. The molecule has 0 aromatic rings. The van der Waals surface area contributed by atoms with Crippen LogP contribution in [0.2, 0.25) is 0 Å². The summed E-state index contributed by atoms with van der Waals surface area (Å²) in [7, 11) is 0. The van der Waals surface area contributed by atoms with Crippen molar-refractivity contribution in [3.63, 3.8) is 0 Å². The zero-order chi connectivity index (χ0) is 8.97. The first-order valence-electron chi connectivity index (χ1n) is 4.11. The summed E-state index contributed by atoms with van der Waals surface area (Å²) in [5.74, 6) is 2.49. The lowest BCUT2D eigenvalue weighted by Crippen LogP contribution is -2.19. The SMILES string of the molecule is O=C(Cl)C(F)CC1CCCSC1. The van der Waals surface area contributed by atoms with Gasteiger partial charge in [-0.2, -0.15) is 11.8 Å². The smallest absolute Gasteiger partial charge is 0.255 e. The van der Waals surface area contributed by atoms with Crippen molar-refractivity contribution in [3.8, 4) is 0 Å². The number of thioether (sulfide) groups is 1. The number of rotatable bonds is 3. The second-order valence-electron chi connectivity index (χ2n) is 3.09. The molecule has 0 N–H and O–H groups in total. The van der Waals surface area contributed by atoms with Gasteiger partial charge >= 0.3 is 0 Å². The molecule has 12 heavy (non-hydrogen) atoms. The third-order valence-electron chi connectivity index (χ3n) is 2.04. The van der Waals surface area contributed by atoms with Crippen molar-refractivity contribution in [2.45, 2.75) is 25.4 Å². The summed E-state index contributed by atoms with van der Waals surface area (Å²) in [6, 6.07) is 0.